The maximum absolute atomic E-state index is 12.0. The molecule has 1 aromatic rings. The summed E-state index contributed by atoms with van der Waals surface area (Å²) in [5.74, 6) is 0.970. The quantitative estimate of drug-likeness (QED) is 0.303. The highest BCUT2D eigenvalue weighted by Crippen LogP contribution is 2.36. The van der Waals surface area contributed by atoms with Crippen molar-refractivity contribution in [3.63, 3.8) is 0 Å². The van der Waals surface area contributed by atoms with E-state index >= 15 is 0 Å². The Morgan fingerprint density at radius 3 is 2.47 bits per heavy atom. The standard InChI is InChI=1S/C23H36N4O4.HI/c1-27(2)21(28)16-26-22(24-14-18-8-10-19(29-3)11-9-18)25-15-20-17-30-23(31-20)12-6-4-5-7-13-23;/h8-11,20H,4-7,12-17H2,1-3H3,(H2,24,25,26);1H. The molecule has 1 saturated heterocycles. The Balaban J connectivity index is 0.00000363. The lowest BCUT2D eigenvalue weighted by molar-refractivity contribution is -0.175. The Morgan fingerprint density at radius 2 is 1.84 bits per heavy atom. The van der Waals surface area contributed by atoms with E-state index in [4.69, 9.17) is 14.2 Å². The van der Waals surface area contributed by atoms with Gasteiger partial charge < -0.3 is 29.7 Å². The van der Waals surface area contributed by atoms with Crippen LogP contribution in [0.1, 0.15) is 44.1 Å². The van der Waals surface area contributed by atoms with Crippen LogP contribution >= 0.6 is 24.0 Å². The van der Waals surface area contributed by atoms with Gasteiger partial charge in [0.15, 0.2) is 11.7 Å². The molecule has 1 amide bonds. The molecule has 0 aromatic heterocycles. The highest BCUT2D eigenvalue weighted by Gasteiger charge is 2.41. The molecule has 32 heavy (non-hydrogen) atoms. The topological polar surface area (TPSA) is 84.4 Å². The van der Waals surface area contributed by atoms with Crippen molar-refractivity contribution >= 4 is 35.8 Å². The molecule has 2 fully saturated rings. The molecule has 1 aromatic carbocycles. The smallest absolute Gasteiger partial charge is 0.241 e. The second-order valence-electron chi connectivity index (χ2n) is 8.41. The van der Waals surface area contributed by atoms with E-state index in [1.807, 2.05) is 24.3 Å². The molecule has 1 unspecified atom stereocenters. The van der Waals surface area contributed by atoms with E-state index < -0.39 is 5.79 Å². The van der Waals surface area contributed by atoms with Crippen molar-refractivity contribution in [2.45, 2.75) is 57.0 Å². The van der Waals surface area contributed by atoms with E-state index in [0.29, 0.717) is 25.7 Å². The zero-order valence-electron chi connectivity index (χ0n) is 19.4. The van der Waals surface area contributed by atoms with Crippen LogP contribution in [0.25, 0.3) is 0 Å². The summed E-state index contributed by atoms with van der Waals surface area (Å²) >= 11 is 0. The molecule has 180 valence electrons. The van der Waals surface area contributed by atoms with Crippen molar-refractivity contribution < 1.29 is 19.0 Å². The summed E-state index contributed by atoms with van der Waals surface area (Å²) in [6, 6.07) is 7.79. The van der Waals surface area contributed by atoms with Gasteiger partial charge in [0.25, 0.3) is 0 Å². The van der Waals surface area contributed by atoms with Gasteiger partial charge in [0, 0.05) is 33.5 Å². The van der Waals surface area contributed by atoms with Crippen molar-refractivity contribution in [3.8, 4) is 5.75 Å². The molecule has 2 aliphatic rings. The minimum Gasteiger partial charge on any atom is -0.497 e. The zero-order valence-corrected chi connectivity index (χ0v) is 21.7. The van der Waals surface area contributed by atoms with Crippen LogP contribution in [0.15, 0.2) is 29.3 Å². The first kappa shape index (κ1) is 26.7. The number of benzene rings is 1. The maximum Gasteiger partial charge on any atom is 0.241 e. The average molecular weight is 560 g/mol. The highest BCUT2D eigenvalue weighted by molar-refractivity contribution is 14.0. The Bertz CT molecular complexity index is 734. The number of methoxy groups -OCH3 is 1. The van der Waals surface area contributed by atoms with Crippen LogP contribution in [0.5, 0.6) is 5.75 Å². The van der Waals surface area contributed by atoms with Crippen LogP contribution in [0, 0.1) is 0 Å². The summed E-state index contributed by atoms with van der Waals surface area (Å²) in [5, 5.41) is 6.45. The first-order valence-electron chi connectivity index (χ1n) is 11.2. The number of nitrogens with one attached hydrogen (secondary N) is 2. The number of guanidine groups is 1. The number of carbonyl (C=O) groups excluding carboxylic acids is 1. The molecule has 1 aliphatic carbocycles. The summed E-state index contributed by atoms with van der Waals surface area (Å²) in [6.45, 7) is 1.82. The summed E-state index contributed by atoms with van der Waals surface area (Å²) < 4.78 is 17.6. The Labute approximate surface area is 208 Å². The fraction of sp³-hybridized carbons (Fsp3) is 0.652. The van der Waals surface area contributed by atoms with Gasteiger partial charge in [-0.15, -0.1) is 24.0 Å². The minimum atomic E-state index is -0.405. The summed E-state index contributed by atoms with van der Waals surface area (Å²) in [7, 11) is 5.12. The number of rotatable bonds is 7. The maximum atomic E-state index is 12.0. The second kappa shape index (κ2) is 13.2. The zero-order chi connectivity index (χ0) is 22.1. The van der Waals surface area contributed by atoms with Gasteiger partial charge in [-0.2, -0.15) is 0 Å². The van der Waals surface area contributed by atoms with Crippen LogP contribution in [0.2, 0.25) is 0 Å². The van der Waals surface area contributed by atoms with Gasteiger partial charge >= 0.3 is 0 Å². The van der Waals surface area contributed by atoms with Gasteiger partial charge in [-0.25, -0.2) is 4.99 Å². The van der Waals surface area contributed by atoms with Crippen molar-refractivity contribution in [2.75, 3.05) is 40.9 Å². The largest absolute Gasteiger partial charge is 0.497 e. The van der Waals surface area contributed by atoms with Gasteiger partial charge in [-0.1, -0.05) is 25.0 Å². The Morgan fingerprint density at radius 1 is 1.16 bits per heavy atom. The van der Waals surface area contributed by atoms with Crippen LogP contribution in [-0.2, 0) is 20.8 Å². The van der Waals surface area contributed by atoms with Crippen molar-refractivity contribution in [1.29, 1.82) is 0 Å². The predicted octanol–water partition coefficient (Wildman–Crippen LogP) is 2.90. The number of nitrogens with zero attached hydrogens (tertiary/aromatic N) is 2. The average Bonchev–Trinajstić information content (AvgIpc) is 3.03. The molecule has 1 aliphatic heterocycles. The molecule has 3 rings (SSSR count). The molecule has 1 spiro atoms. The second-order valence-corrected chi connectivity index (χ2v) is 8.41. The number of amides is 1. The lowest BCUT2D eigenvalue weighted by atomic mass is 10.1. The molecular weight excluding hydrogens is 523 g/mol. The summed E-state index contributed by atoms with van der Waals surface area (Å²) in [5.41, 5.74) is 1.05. The van der Waals surface area contributed by atoms with E-state index in [0.717, 1.165) is 37.0 Å². The Hall–Kier alpha value is -1.59. The number of hydrogen-bond acceptors (Lipinski definition) is 5. The van der Waals surface area contributed by atoms with E-state index in [-0.39, 0.29) is 42.5 Å². The van der Waals surface area contributed by atoms with E-state index in [1.165, 1.54) is 12.8 Å². The first-order chi connectivity index (χ1) is 15.0. The third-order valence-corrected chi connectivity index (χ3v) is 5.76. The third-order valence-electron chi connectivity index (χ3n) is 5.76. The molecule has 1 saturated carbocycles. The minimum absolute atomic E-state index is 0. The molecule has 9 heteroatoms. The van der Waals surface area contributed by atoms with Crippen LogP contribution < -0.4 is 15.4 Å². The molecule has 0 radical (unpaired) electrons. The van der Waals surface area contributed by atoms with Gasteiger partial charge in [0.2, 0.25) is 5.91 Å². The monoisotopic (exact) mass is 560 g/mol. The van der Waals surface area contributed by atoms with Crippen LogP contribution in [0.4, 0.5) is 0 Å². The van der Waals surface area contributed by atoms with Crippen molar-refractivity contribution in [3.05, 3.63) is 29.8 Å². The van der Waals surface area contributed by atoms with E-state index in [1.54, 1.807) is 26.1 Å². The normalized spacial score (nSPS) is 20.2. The van der Waals surface area contributed by atoms with E-state index in [2.05, 4.69) is 15.6 Å². The molecular formula is C23H37IN4O4. The number of carbonyl (C=O) groups is 1. The molecule has 2 N–H and O–H groups in total. The molecule has 0 bridgehead atoms. The molecule has 1 atom stereocenters. The summed E-state index contributed by atoms with van der Waals surface area (Å²) in [6.07, 6.45) is 6.73. The number of halogens is 1. The number of hydrogen-bond donors (Lipinski definition) is 2. The molecule has 1 heterocycles. The number of likely N-dealkylation sites (N-methyl/N-ethyl adjacent to an activating group) is 1. The van der Waals surface area contributed by atoms with Crippen LogP contribution in [0.3, 0.4) is 0 Å². The summed E-state index contributed by atoms with van der Waals surface area (Å²) in [4.78, 5) is 18.2. The van der Waals surface area contributed by atoms with E-state index in [9.17, 15) is 4.79 Å². The lowest BCUT2D eigenvalue weighted by Crippen LogP contribution is -2.45. The predicted molar refractivity (Wildman–Crippen MR) is 136 cm³/mol. The van der Waals surface area contributed by atoms with Gasteiger partial charge in [0.1, 0.15) is 11.9 Å². The lowest BCUT2D eigenvalue weighted by Gasteiger charge is -2.26. The van der Waals surface area contributed by atoms with Gasteiger partial charge in [-0.05, 0) is 30.5 Å². The SMILES string of the molecule is COc1ccc(CN=C(NCC(=O)N(C)C)NCC2COC3(CCCCCC3)O2)cc1.I. The van der Waals surface area contributed by atoms with Crippen molar-refractivity contribution in [1.82, 2.24) is 15.5 Å². The van der Waals surface area contributed by atoms with Crippen LogP contribution in [-0.4, -0.2) is 69.6 Å². The first-order valence-corrected chi connectivity index (χ1v) is 11.2. The Kier molecular flexibility index (Phi) is 11.0. The third kappa shape index (κ3) is 8.08. The highest BCUT2D eigenvalue weighted by atomic mass is 127. The fourth-order valence-corrected chi connectivity index (χ4v) is 3.85. The van der Waals surface area contributed by atoms with Gasteiger partial charge in [-0.3, -0.25) is 4.79 Å². The fourth-order valence-electron chi connectivity index (χ4n) is 3.85. The van der Waals surface area contributed by atoms with Gasteiger partial charge in [0.05, 0.1) is 26.8 Å². The number of aliphatic imine (C=N–C) groups is 1. The molecule has 8 nitrogen and oxygen atoms in total. The van der Waals surface area contributed by atoms with Crippen molar-refractivity contribution in [2.24, 2.45) is 4.99 Å². The number of ether oxygens (including phenoxy) is 3.